The van der Waals surface area contributed by atoms with Gasteiger partial charge in [0.25, 0.3) is 15.6 Å². The quantitative estimate of drug-likeness (QED) is 0.381. The molecule has 2 N–H and O–H groups in total. The zero-order chi connectivity index (χ0) is 28.6. The zero-order valence-corrected chi connectivity index (χ0v) is 20.7. The van der Waals surface area contributed by atoms with Crippen molar-refractivity contribution in [2.75, 3.05) is 35.9 Å². The van der Waals surface area contributed by atoms with E-state index in [4.69, 9.17) is 4.74 Å². The number of hydrogen-bond acceptors (Lipinski definition) is 5. The Morgan fingerprint density at radius 2 is 1.38 bits per heavy atom. The first kappa shape index (κ1) is 28.6. The molecule has 0 radical (unpaired) electrons. The Morgan fingerprint density at radius 3 is 1.90 bits per heavy atom. The molecule has 1 heterocycles. The van der Waals surface area contributed by atoms with Crippen molar-refractivity contribution in [1.29, 1.82) is 0 Å². The number of nitrogens with one attached hydrogen (secondary N) is 1. The molecule has 0 atom stereocenters. The maximum absolute atomic E-state index is 14.6. The second kappa shape index (κ2) is 10.3. The summed E-state index contributed by atoms with van der Waals surface area (Å²) in [4.78, 5) is 2.02. The lowest BCUT2D eigenvalue weighted by atomic mass is 9.90. The van der Waals surface area contributed by atoms with Crippen LogP contribution in [0.2, 0.25) is 0 Å². The molecule has 1 aliphatic heterocycles. The van der Waals surface area contributed by atoms with Crippen molar-refractivity contribution >= 4 is 21.4 Å². The van der Waals surface area contributed by atoms with Gasteiger partial charge >= 0.3 is 12.4 Å². The maximum Gasteiger partial charge on any atom is 0.430 e. The molecule has 0 aromatic heterocycles. The summed E-state index contributed by atoms with van der Waals surface area (Å²) in [5.41, 5.74) is -6.40. The average Bonchev–Trinajstić information content (AvgIpc) is 2.88. The van der Waals surface area contributed by atoms with E-state index in [2.05, 4.69) is 4.72 Å². The Bertz CT molecular complexity index is 1400. The molecule has 3 aromatic rings. The smallest absolute Gasteiger partial charge is 0.378 e. The van der Waals surface area contributed by atoms with E-state index in [9.17, 15) is 44.3 Å². The van der Waals surface area contributed by atoms with E-state index in [1.807, 2.05) is 4.90 Å². The molecule has 0 spiro atoms. The molecule has 210 valence electrons. The van der Waals surface area contributed by atoms with Crippen LogP contribution in [0.25, 0.3) is 11.1 Å². The number of sulfonamides is 1. The van der Waals surface area contributed by atoms with E-state index >= 15 is 0 Å². The fourth-order valence-corrected chi connectivity index (χ4v) is 5.11. The number of rotatable bonds is 6. The first-order chi connectivity index (χ1) is 18.1. The van der Waals surface area contributed by atoms with Crippen LogP contribution in [-0.4, -0.2) is 52.2 Å². The van der Waals surface area contributed by atoms with Gasteiger partial charge in [-0.05, 0) is 48.0 Å². The topological polar surface area (TPSA) is 78.9 Å². The Hall–Kier alpha value is -3.36. The molecule has 0 amide bonds. The molecule has 6 nitrogen and oxygen atoms in total. The van der Waals surface area contributed by atoms with Crippen molar-refractivity contribution in [2.45, 2.75) is 22.8 Å². The van der Waals surface area contributed by atoms with Gasteiger partial charge in [0, 0.05) is 35.6 Å². The molecule has 0 unspecified atom stereocenters. The summed E-state index contributed by atoms with van der Waals surface area (Å²) >= 11 is 0. The van der Waals surface area contributed by atoms with Crippen LogP contribution in [0.3, 0.4) is 0 Å². The van der Waals surface area contributed by atoms with Gasteiger partial charge in [0.05, 0.1) is 18.1 Å². The fourth-order valence-electron chi connectivity index (χ4n) is 4.05. The molecule has 1 fully saturated rings. The molecule has 0 saturated carbocycles. The van der Waals surface area contributed by atoms with E-state index in [-0.39, 0.29) is 27.8 Å². The highest BCUT2D eigenvalue weighted by atomic mass is 32.2. The monoisotopic (exact) mass is 578 g/mol. The molecule has 0 bridgehead atoms. The third-order valence-electron chi connectivity index (χ3n) is 6.18. The maximum atomic E-state index is 14.6. The Balaban J connectivity index is 1.52. The van der Waals surface area contributed by atoms with Gasteiger partial charge in [0.1, 0.15) is 5.82 Å². The summed E-state index contributed by atoms with van der Waals surface area (Å²) in [6, 6.07) is 12.1. The van der Waals surface area contributed by atoms with Crippen molar-refractivity contribution in [3.05, 3.63) is 78.1 Å². The van der Waals surface area contributed by atoms with Gasteiger partial charge in [-0.1, -0.05) is 24.3 Å². The summed E-state index contributed by atoms with van der Waals surface area (Å²) < 4.78 is 126. The minimum Gasteiger partial charge on any atom is -0.378 e. The Morgan fingerprint density at radius 1 is 0.821 bits per heavy atom. The van der Waals surface area contributed by atoms with Gasteiger partial charge in [-0.25, -0.2) is 12.8 Å². The zero-order valence-electron chi connectivity index (χ0n) is 19.9. The highest BCUT2D eigenvalue weighted by Gasteiger charge is 2.71. The van der Waals surface area contributed by atoms with Crippen molar-refractivity contribution in [3.8, 4) is 11.1 Å². The SMILES string of the molecule is O=S(=O)(Nc1ccc(-c2ccc(C(O)(C(F)(F)F)C(F)(F)F)cc2F)cc1)c1ccc(N2CCOCC2)cc1. The number of halogens is 7. The van der Waals surface area contributed by atoms with Crippen molar-refractivity contribution in [1.82, 2.24) is 0 Å². The van der Waals surface area contributed by atoms with Gasteiger partial charge in [-0.2, -0.15) is 26.3 Å². The largest absolute Gasteiger partial charge is 0.430 e. The standard InChI is InChI=1S/C25H21F7N2O4S/c26-22-15-17(23(35,24(27,28)29)25(30,31)32)3-10-21(22)16-1-4-18(5-2-16)33-39(36,37)20-8-6-19(7-9-20)34-11-13-38-14-12-34/h1-10,15,33,35H,11-14H2. The molecule has 3 aromatic carbocycles. The van der Waals surface area contributed by atoms with E-state index in [1.165, 1.54) is 36.4 Å². The lowest BCUT2D eigenvalue weighted by molar-refractivity contribution is -0.376. The third-order valence-corrected chi connectivity index (χ3v) is 7.58. The van der Waals surface area contributed by atoms with Crippen molar-refractivity contribution in [3.63, 3.8) is 0 Å². The van der Waals surface area contributed by atoms with Gasteiger partial charge in [0.2, 0.25) is 0 Å². The minimum absolute atomic E-state index is 0.0213. The van der Waals surface area contributed by atoms with Crippen LogP contribution in [0, 0.1) is 5.82 Å². The fraction of sp³-hybridized carbons (Fsp3) is 0.280. The summed E-state index contributed by atoms with van der Waals surface area (Å²) in [5.74, 6) is -1.45. The lowest BCUT2D eigenvalue weighted by Gasteiger charge is -2.32. The van der Waals surface area contributed by atoms with Crippen LogP contribution in [0.15, 0.2) is 71.6 Å². The Kier molecular flexibility index (Phi) is 7.58. The van der Waals surface area contributed by atoms with Crippen LogP contribution in [0.5, 0.6) is 0 Å². The lowest BCUT2D eigenvalue weighted by Crippen LogP contribution is -2.53. The second-order valence-electron chi connectivity index (χ2n) is 8.68. The minimum atomic E-state index is -6.15. The number of morpholine rings is 1. The van der Waals surface area contributed by atoms with Gasteiger partial charge in [-0.15, -0.1) is 0 Å². The van der Waals surface area contributed by atoms with Gasteiger partial charge < -0.3 is 14.7 Å². The molecule has 39 heavy (non-hydrogen) atoms. The van der Waals surface area contributed by atoms with Crippen LogP contribution >= 0.6 is 0 Å². The number of alkyl halides is 6. The normalized spacial score (nSPS) is 15.3. The number of benzene rings is 3. The predicted octanol–water partition coefficient (Wildman–Crippen LogP) is 5.44. The molecule has 0 aliphatic carbocycles. The van der Waals surface area contributed by atoms with E-state index in [0.717, 1.165) is 5.69 Å². The Labute approximate surface area is 218 Å². The molecule has 4 rings (SSSR count). The van der Waals surface area contributed by atoms with Crippen LogP contribution in [0.1, 0.15) is 5.56 Å². The summed E-state index contributed by atoms with van der Waals surface area (Å²) in [6.45, 7) is 2.47. The third kappa shape index (κ3) is 5.68. The van der Waals surface area contributed by atoms with Crippen LogP contribution in [0.4, 0.5) is 42.1 Å². The average molecular weight is 579 g/mol. The van der Waals surface area contributed by atoms with E-state index in [1.54, 1.807) is 12.1 Å². The van der Waals surface area contributed by atoms with Crippen molar-refractivity contribution in [2.24, 2.45) is 0 Å². The number of anilines is 2. The van der Waals surface area contributed by atoms with Crippen molar-refractivity contribution < 1.29 is 49.0 Å². The number of ether oxygens (including phenoxy) is 1. The summed E-state index contributed by atoms with van der Waals surface area (Å²) in [5, 5.41) is 9.47. The molecule has 1 aliphatic rings. The molecular formula is C25H21F7N2O4S. The first-order valence-corrected chi connectivity index (χ1v) is 12.8. The molecule has 14 heteroatoms. The number of hydrogen-bond donors (Lipinski definition) is 2. The van der Waals surface area contributed by atoms with Crippen LogP contribution < -0.4 is 9.62 Å². The summed E-state index contributed by atoms with van der Waals surface area (Å²) in [6.07, 6.45) is -12.3. The number of nitrogens with zero attached hydrogens (tertiary/aromatic N) is 1. The predicted molar refractivity (Wildman–Crippen MR) is 128 cm³/mol. The van der Waals surface area contributed by atoms with Gasteiger partial charge in [-0.3, -0.25) is 4.72 Å². The van der Waals surface area contributed by atoms with E-state index in [0.29, 0.717) is 38.4 Å². The highest BCUT2D eigenvalue weighted by molar-refractivity contribution is 7.92. The van der Waals surface area contributed by atoms with Crippen LogP contribution in [-0.2, 0) is 20.4 Å². The molecular weight excluding hydrogens is 557 g/mol. The highest BCUT2D eigenvalue weighted by Crippen LogP contribution is 2.50. The van der Waals surface area contributed by atoms with E-state index < -0.39 is 39.4 Å². The number of aliphatic hydroxyl groups is 1. The van der Waals surface area contributed by atoms with Gasteiger partial charge in [0.15, 0.2) is 0 Å². The summed E-state index contributed by atoms with van der Waals surface area (Å²) in [7, 11) is -4.00. The second-order valence-corrected chi connectivity index (χ2v) is 10.4. The molecule has 1 saturated heterocycles. The first-order valence-electron chi connectivity index (χ1n) is 11.4.